The van der Waals surface area contributed by atoms with E-state index in [1.165, 1.54) is 17.8 Å². The summed E-state index contributed by atoms with van der Waals surface area (Å²) >= 11 is 0. The highest BCUT2D eigenvalue weighted by molar-refractivity contribution is 5.31. The average Bonchev–Trinajstić information content (AvgIpc) is 2.86. The number of halogens is 1. The molecule has 3 rings (SSSR count). The first-order valence-corrected chi connectivity index (χ1v) is 6.31. The molecular formula is C14H15FN4. The van der Waals surface area contributed by atoms with E-state index in [0.717, 1.165) is 24.2 Å². The monoisotopic (exact) mass is 258 g/mol. The molecule has 98 valence electrons. The summed E-state index contributed by atoms with van der Waals surface area (Å²) in [4.78, 5) is 8.58. The van der Waals surface area contributed by atoms with E-state index in [-0.39, 0.29) is 17.8 Å². The number of nitrogens with zero attached hydrogens (tertiary/aromatic N) is 2. The van der Waals surface area contributed by atoms with Crippen LogP contribution in [0.1, 0.15) is 35.3 Å². The maximum atomic E-state index is 12.9. The highest BCUT2D eigenvalue weighted by Crippen LogP contribution is 2.39. The van der Waals surface area contributed by atoms with Gasteiger partial charge in [-0.3, -0.25) is 21.2 Å². The van der Waals surface area contributed by atoms with Crippen molar-refractivity contribution >= 4 is 0 Å². The lowest BCUT2D eigenvalue weighted by molar-refractivity contribution is 0.436. The van der Waals surface area contributed by atoms with Crippen LogP contribution in [0, 0.1) is 5.82 Å². The van der Waals surface area contributed by atoms with E-state index in [1.807, 2.05) is 6.07 Å². The van der Waals surface area contributed by atoms with Crippen LogP contribution in [0.15, 0.2) is 36.7 Å². The minimum absolute atomic E-state index is 0.142. The van der Waals surface area contributed by atoms with Gasteiger partial charge in [-0.25, -0.2) is 4.39 Å². The number of nitrogens with two attached hydrogens (primary N) is 1. The molecule has 2 aromatic rings. The van der Waals surface area contributed by atoms with E-state index >= 15 is 0 Å². The Morgan fingerprint density at radius 3 is 2.95 bits per heavy atom. The van der Waals surface area contributed by atoms with Crippen molar-refractivity contribution in [1.82, 2.24) is 15.4 Å². The maximum absolute atomic E-state index is 12.9. The van der Waals surface area contributed by atoms with E-state index in [9.17, 15) is 4.39 Å². The predicted octanol–water partition coefficient (Wildman–Crippen LogP) is 1.85. The summed E-state index contributed by atoms with van der Waals surface area (Å²) in [6.45, 7) is 0. The number of fused-ring (bicyclic) bond motifs is 1. The molecule has 3 N–H and O–H groups in total. The number of rotatable bonds is 3. The largest absolute Gasteiger partial charge is 0.271 e. The van der Waals surface area contributed by atoms with Gasteiger partial charge in [0.1, 0.15) is 5.82 Å². The molecule has 0 radical (unpaired) electrons. The third-order valence-electron chi connectivity index (χ3n) is 3.65. The van der Waals surface area contributed by atoms with E-state index in [2.05, 4.69) is 21.5 Å². The summed E-state index contributed by atoms with van der Waals surface area (Å²) in [5.74, 6) is 5.50. The molecule has 1 aliphatic carbocycles. The summed E-state index contributed by atoms with van der Waals surface area (Å²) < 4.78 is 12.9. The molecule has 2 unspecified atom stereocenters. The normalized spacial score (nSPS) is 19.2. The zero-order valence-corrected chi connectivity index (χ0v) is 10.4. The van der Waals surface area contributed by atoms with E-state index in [4.69, 9.17) is 5.84 Å². The number of hydrazine groups is 1. The molecule has 2 heterocycles. The number of aromatic nitrogens is 2. The van der Waals surface area contributed by atoms with Gasteiger partial charge in [0.2, 0.25) is 0 Å². The standard InChI is InChI=1S/C14H15FN4/c15-10-4-6-12(18-8-10)14(19-16)11-5-3-9-2-1-7-17-13(9)11/h1-2,4,6-8,11,14,19H,3,5,16H2. The molecule has 0 saturated carbocycles. The van der Waals surface area contributed by atoms with Crippen molar-refractivity contribution in [1.29, 1.82) is 0 Å². The van der Waals surface area contributed by atoms with Crippen LogP contribution in [0.3, 0.4) is 0 Å². The Balaban J connectivity index is 1.94. The predicted molar refractivity (Wildman–Crippen MR) is 69.6 cm³/mol. The summed E-state index contributed by atoms with van der Waals surface area (Å²) in [6, 6.07) is 6.97. The Hall–Kier alpha value is -1.85. The molecule has 4 nitrogen and oxygen atoms in total. The summed E-state index contributed by atoms with van der Waals surface area (Å²) in [7, 11) is 0. The van der Waals surface area contributed by atoms with Gasteiger partial charge in [-0.05, 0) is 36.6 Å². The lowest BCUT2D eigenvalue weighted by Crippen LogP contribution is -2.32. The fourth-order valence-electron chi connectivity index (χ4n) is 2.75. The zero-order valence-electron chi connectivity index (χ0n) is 10.4. The fourth-order valence-corrected chi connectivity index (χ4v) is 2.75. The third-order valence-corrected chi connectivity index (χ3v) is 3.65. The Labute approximate surface area is 110 Å². The molecule has 0 aromatic carbocycles. The average molecular weight is 258 g/mol. The van der Waals surface area contributed by atoms with Gasteiger partial charge in [-0.1, -0.05) is 6.07 Å². The zero-order chi connectivity index (χ0) is 13.2. The van der Waals surface area contributed by atoms with Crippen LogP contribution in [0.25, 0.3) is 0 Å². The Bertz CT molecular complexity index is 570. The Morgan fingerprint density at radius 2 is 2.21 bits per heavy atom. The van der Waals surface area contributed by atoms with Crippen LogP contribution in [-0.4, -0.2) is 9.97 Å². The molecule has 0 aliphatic heterocycles. The number of nitrogens with one attached hydrogen (secondary N) is 1. The topological polar surface area (TPSA) is 63.8 Å². The molecule has 0 fully saturated rings. The van der Waals surface area contributed by atoms with Gasteiger partial charge >= 0.3 is 0 Å². The SMILES string of the molecule is NNC(c1ccc(F)cn1)C1CCc2cccnc21. The van der Waals surface area contributed by atoms with Crippen molar-refractivity contribution in [3.8, 4) is 0 Å². The van der Waals surface area contributed by atoms with Crippen molar-refractivity contribution in [3.63, 3.8) is 0 Å². The first kappa shape index (κ1) is 12.2. The van der Waals surface area contributed by atoms with E-state index in [1.54, 1.807) is 12.3 Å². The summed E-state index contributed by atoms with van der Waals surface area (Å²) in [6.07, 6.45) is 4.98. The highest BCUT2D eigenvalue weighted by atomic mass is 19.1. The molecular weight excluding hydrogens is 243 g/mol. The van der Waals surface area contributed by atoms with Crippen molar-refractivity contribution < 1.29 is 4.39 Å². The molecule has 0 spiro atoms. The van der Waals surface area contributed by atoms with Crippen molar-refractivity contribution in [3.05, 3.63) is 59.4 Å². The van der Waals surface area contributed by atoms with Crippen LogP contribution in [0.5, 0.6) is 0 Å². The quantitative estimate of drug-likeness (QED) is 0.651. The number of hydrogen-bond acceptors (Lipinski definition) is 4. The summed E-state index contributed by atoms with van der Waals surface area (Å²) in [5, 5.41) is 0. The first-order valence-electron chi connectivity index (χ1n) is 6.31. The van der Waals surface area contributed by atoms with E-state index in [0.29, 0.717) is 0 Å². The second-order valence-corrected chi connectivity index (χ2v) is 4.74. The smallest absolute Gasteiger partial charge is 0.141 e. The van der Waals surface area contributed by atoms with E-state index < -0.39 is 0 Å². The van der Waals surface area contributed by atoms with Crippen molar-refractivity contribution in [2.24, 2.45) is 5.84 Å². The van der Waals surface area contributed by atoms with Crippen molar-refractivity contribution in [2.75, 3.05) is 0 Å². The van der Waals surface area contributed by atoms with Crippen LogP contribution >= 0.6 is 0 Å². The van der Waals surface area contributed by atoms with Gasteiger partial charge < -0.3 is 0 Å². The molecule has 0 amide bonds. The van der Waals surface area contributed by atoms with Gasteiger partial charge in [0.15, 0.2) is 0 Å². The molecule has 2 aromatic heterocycles. The van der Waals surface area contributed by atoms with Crippen LogP contribution < -0.4 is 11.3 Å². The number of pyridine rings is 2. The third kappa shape index (κ3) is 2.22. The second-order valence-electron chi connectivity index (χ2n) is 4.74. The Morgan fingerprint density at radius 1 is 1.32 bits per heavy atom. The summed E-state index contributed by atoms with van der Waals surface area (Å²) in [5.41, 5.74) is 5.86. The molecule has 19 heavy (non-hydrogen) atoms. The van der Waals surface area contributed by atoms with Crippen LogP contribution in [0.4, 0.5) is 4.39 Å². The Kier molecular flexibility index (Phi) is 3.23. The highest BCUT2D eigenvalue weighted by Gasteiger charge is 2.32. The van der Waals surface area contributed by atoms with Gasteiger partial charge in [0.25, 0.3) is 0 Å². The molecule has 2 atom stereocenters. The minimum Gasteiger partial charge on any atom is -0.271 e. The lowest BCUT2D eigenvalue weighted by Gasteiger charge is -2.22. The molecule has 0 bridgehead atoms. The van der Waals surface area contributed by atoms with Crippen LogP contribution in [-0.2, 0) is 6.42 Å². The molecule has 5 heteroatoms. The molecule has 0 saturated heterocycles. The lowest BCUT2D eigenvalue weighted by atomic mass is 9.94. The number of hydrogen-bond donors (Lipinski definition) is 2. The van der Waals surface area contributed by atoms with Gasteiger partial charge in [-0.2, -0.15) is 0 Å². The van der Waals surface area contributed by atoms with Crippen LogP contribution in [0.2, 0.25) is 0 Å². The van der Waals surface area contributed by atoms with Crippen molar-refractivity contribution in [2.45, 2.75) is 24.8 Å². The second kappa shape index (κ2) is 5.03. The maximum Gasteiger partial charge on any atom is 0.141 e. The molecule has 1 aliphatic rings. The first-order chi connectivity index (χ1) is 9.29. The number of aryl methyl sites for hydroxylation is 1. The van der Waals surface area contributed by atoms with Gasteiger partial charge in [0.05, 0.1) is 17.9 Å². The van der Waals surface area contributed by atoms with Gasteiger partial charge in [0, 0.05) is 17.8 Å². The van der Waals surface area contributed by atoms with Gasteiger partial charge in [-0.15, -0.1) is 0 Å². The fraction of sp³-hybridized carbons (Fsp3) is 0.286. The minimum atomic E-state index is -0.343.